The van der Waals surface area contributed by atoms with Gasteiger partial charge in [-0.1, -0.05) is 18.2 Å². The van der Waals surface area contributed by atoms with E-state index in [9.17, 15) is 4.79 Å². The summed E-state index contributed by atoms with van der Waals surface area (Å²) in [4.78, 5) is 27.2. The standard InChI is InChI=1S/C25H30N6O2/c1-17-20-10-11-23(32)31(15-18-7-4-5-9-22(18)33-3)25(20)28-24(27-17)21-8-6-14-30(21)16-19-12-13-26-29(19)2/h4-5,7,9,12-13,21H,6,8,10-11,14-16H2,1-3H3/t21-/m0/s1. The third kappa shape index (κ3) is 4.11. The van der Waals surface area contributed by atoms with E-state index in [0.717, 1.165) is 60.1 Å². The van der Waals surface area contributed by atoms with Crippen molar-refractivity contribution in [1.82, 2.24) is 24.6 Å². The highest BCUT2D eigenvalue weighted by atomic mass is 16.5. The molecule has 2 aliphatic heterocycles. The molecule has 4 heterocycles. The quantitative estimate of drug-likeness (QED) is 0.578. The van der Waals surface area contributed by atoms with Crippen molar-refractivity contribution < 1.29 is 9.53 Å². The van der Waals surface area contributed by atoms with Gasteiger partial charge in [-0.2, -0.15) is 5.10 Å². The van der Waals surface area contributed by atoms with Gasteiger partial charge in [-0.15, -0.1) is 0 Å². The number of rotatable bonds is 6. The molecule has 172 valence electrons. The molecular weight excluding hydrogens is 416 g/mol. The molecule has 0 unspecified atom stereocenters. The lowest BCUT2D eigenvalue weighted by atomic mass is 10.0. The first-order chi connectivity index (χ1) is 16.0. The molecule has 1 atom stereocenters. The number of aromatic nitrogens is 4. The minimum atomic E-state index is 0.0932. The van der Waals surface area contributed by atoms with Gasteiger partial charge >= 0.3 is 0 Å². The number of carbonyl (C=O) groups is 1. The molecule has 0 bridgehead atoms. The van der Waals surface area contributed by atoms with E-state index < -0.39 is 0 Å². The highest BCUT2D eigenvalue weighted by Gasteiger charge is 2.33. The molecule has 2 aliphatic rings. The van der Waals surface area contributed by atoms with Crippen molar-refractivity contribution in [2.24, 2.45) is 7.05 Å². The molecule has 5 rings (SSSR count). The van der Waals surface area contributed by atoms with Crippen LogP contribution in [0.3, 0.4) is 0 Å². The molecule has 3 aromatic rings. The molecule has 33 heavy (non-hydrogen) atoms. The van der Waals surface area contributed by atoms with Gasteiger partial charge in [-0.25, -0.2) is 9.97 Å². The fourth-order valence-corrected chi connectivity index (χ4v) is 4.99. The first kappa shape index (κ1) is 21.6. The summed E-state index contributed by atoms with van der Waals surface area (Å²) in [5.41, 5.74) is 4.19. The molecule has 0 spiro atoms. The number of para-hydroxylation sites is 1. The summed E-state index contributed by atoms with van der Waals surface area (Å²) in [7, 11) is 3.63. The highest BCUT2D eigenvalue weighted by Crippen LogP contribution is 2.36. The molecule has 0 saturated carbocycles. The Bertz CT molecular complexity index is 1170. The van der Waals surface area contributed by atoms with Crippen LogP contribution >= 0.6 is 0 Å². The molecule has 1 fully saturated rings. The number of hydrogen-bond donors (Lipinski definition) is 0. The maximum absolute atomic E-state index is 13.0. The molecule has 0 radical (unpaired) electrons. The smallest absolute Gasteiger partial charge is 0.228 e. The maximum atomic E-state index is 13.0. The highest BCUT2D eigenvalue weighted by molar-refractivity contribution is 5.95. The van der Waals surface area contributed by atoms with Crippen LogP contribution in [-0.2, 0) is 31.4 Å². The average Bonchev–Trinajstić information content (AvgIpc) is 3.45. The Morgan fingerprint density at radius 2 is 1.97 bits per heavy atom. The van der Waals surface area contributed by atoms with Crippen LogP contribution in [0, 0.1) is 6.92 Å². The summed E-state index contributed by atoms with van der Waals surface area (Å²) in [6.07, 6.45) is 5.11. The van der Waals surface area contributed by atoms with E-state index in [0.29, 0.717) is 19.4 Å². The Balaban J connectivity index is 1.48. The molecule has 1 aromatic carbocycles. The zero-order valence-electron chi connectivity index (χ0n) is 19.5. The summed E-state index contributed by atoms with van der Waals surface area (Å²) in [5.74, 6) is 2.44. The molecule has 8 nitrogen and oxygen atoms in total. The van der Waals surface area contributed by atoms with Crippen molar-refractivity contribution in [1.29, 1.82) is 0 Å². The lowest BCUT2D eigenvalue weighted by Crippen LogP contribution is -2.37. The van der Waals surface area contributed by atoms with Crippen molar-refractivity contribution in [3.05, 3.63) is 64.9 Å². The van der Waals surface area contributed by atoms with E-state index in [1.165, 1.54) is 5.69 Å². The number of aryl methyl sites for hydroxylation is 2. The summed E-state index contributed by atoms with van der Waals surface area (Å²) in [5, 5.41) is 4.30. The normalized spacial score (nSPS) is 18.6. The van der Waals surface area contributed by atoms with Crippen molar-refractivity contribution >= 4 is 11.7 Å². The molecule has 0 N–H and O–H groups in total. The minimum Gasteiger partial charge on any atom is -0.496 e. The number of fused-ring (bicyclic) bond motifs is 1. The van der Waals surface area contributed by atoms with Crippen molar-refractivity contribution in [3.63, 3.8) is 0 Å². The van der Waals surface area contributed by atoms with Gasteiger partial charge in [-0.3, -0.25) is 19.3 Å². The molecule has 2 aromatic heterocycles. The number of methoxy groups -OCH3 is 1. The first-order valence-electron chi connectivity index (χ1n) is 11.6. The topological polar surface area (TPSA) is 76.4 Å². The van der Waals surface area contributed by atoms with Crippen LogP contribution < -0.4 is 9.64 Å². The van der Waals surface area contributed by atoms with Crippen molar-refractivity contribution in [3.8, 4) is 5.75 Å². The van der Waals surface area contributed by atoms with Crippen LogP contribution in [0.2, 0.25) is 0 Å². The van der Waals surface area contributed by atoms with Gasteiger partial charge in [0.1, 0.15) is 17.4 Å². The van der Waals surface area contributed by atoms with Gasteiger partial charge in [0, 0.05) is 43.0 Å². The number of benzene rings is 1. The predicted molar refractivity (Wildman–Crippen MR) is 125 cm³/mol. The zero-order chi connectivity index (χ0) is 22.9. The van der Waals surface area contributed by atoms with E-state index >= 15 is 0 Å². The molecule has 1 saturated heterocycles. The van der Waals surface area contributed by atoms with E-state index in [4.69, 9.17) is 14.7 Å². The Labute approximate surface area is 194 Å². The van der Waals surface area contributed by atoms with Crippen LogP contribution in [0.25, 0.3) is 0 Å². The van der Waals surface area contributed by atoms with Gasteiger partial charge in [-0.05, 0) is 44.9 Å². The van der Waals surface area contributed by atoms with Gasteiger partial charge in [0.15, 0.2) is 0 Å². The lowest BCUT2D eigenvalue weighted by Gasteiger charge is -2.31. The second-order valence-corrected chi connectivity index (χ2v) is 8.84. The van der Waals surface area contributed by atoms with Crippen LogP contribution in [0.1, 0.15) is 53.6 Å². The second-order valence-electron chi connectivity index (χ2n) is 8.84. The maximum Gasteiger partial charge on any atom is 0.228 e. The van der Waals surface area contributed by atoms with E-state index in [1.807, 2.05) is 54.0 Å². The third-order valence-corrected chi connectivity index (χ3v) is 6.83. The largest absolute Gasteiger partial charge is 0.496 e. The summed E-state index contributed by atoms with van der Waals surface area (Å²) >= 11 is 0. The van der Waals surface area contributed by atoms with Crippen LogP contribution in [0.15, 0.2) is 36.5 Å². The first-order valence-corrected chi connectivity index (χ1v) is 11.6. The van der Waals surface area contributed by atoms with Crippen molar-refractivity contribution in [2.75, 3.05) is 18.6 Å². The van der Waals surface area contributed by atoms with E-state index in [2.05, 4.69) is 16.1 Å². The van der Waals surface area contributed by atoms with Crippen LogP contribution in [0.4, 0.5) is 5.82 Å². The van der Waals surface area contributed by atoms with Crippen LogP contribution in [0.5, 0.6) is 5.75 Å². The Morgan fingerprint density at radius 3 is 2.76 bits per heavy atom. The zero-order valence-corrected chi connectivity index (χ0v) is 19.5. The molecule has 1 amide bonds. The van der Waals surface area contributed by atoms with E-state index in [-0.39, 0.29) is 11.9 Å². The number of ether oxygens (including phenoxy) is 1. The Hall–Kier alpha value is -3.26. The average molecular weight is 447 g/mol. The van der Waals surface area contributed by atoms with Gasteiger partial charge < -0.3 is 4.74 Å². The summed E-state index contributed by atoms with van der Waals surface area (Å²) in [6, 6.07) is 10.0. The second kappa shape index (κ2) is 8.94. The number of nitrogens with zero attached hydrogens (tertiary/aromatic N) is 6. The summed E-state index contributed by atoms with van der Waals surface area (Å²) in [6.45, 7) is 4.29. The predicted octanol–water partition coefficient (Wildman–Crippen LogP) is 3.34. The van der Waals surface area contributed by atoms with Gasteiger partial charge in [0.2, 0.25) is 5.91 Å². The molecular formula is C25H30N6O2. The Morgan fingerprint density at radius 1 is 1.12 bits per heavy atom. The number of hydrogen-bond acceptors (Lipinski definition) is 6. The number of anilines is 1. The molecule has 0 aliphatic carbocycles. The monoisotopic (exact) mass is 446 g/mol. The van der Waals surface area contributed by atoms with E-state index in [1.54, 1.807) is 7.11 Å². The number of amides is 1. The molecule has 8 heteroatoms. The Kier molecular flexibility index (Phi) is 5.85. The van der Waals surface area contributed by atoms with Gasteiger partial charge in [0.25, 0.3) is 0 Å². The van der Waals surface area contributed by atoms with Gasteiger partial charge in [0.05, 0.1) is 25.4 Å². The number of carbonyl (C=O) groups excluding carboxylic acids is 1. The van der Waals surface area contributed by atoms with Crippen LogP contribution in [-0.4, -0.2) is 44.2 Å². The third-order valence-electron chi connectivity index (χ3n) is 6.83. The SMILES string of the molecule is COc1ccccc1CN1C(=O)CCc2c(C)nc([C@@H]3CCCN3Cc3ccnn3C)nc21. The fourth-order valence-electron chi connectivity index (χ4n) is 4.99. The van der Waals surface area contributed by atoms with Crippen molar-refractivity contribution in [2.45, 2.75) is 51.7 Å². The summed E-state index contributed by atoms with van der Waals surface area (Å²) < 4.78 is 7.45. The fraction of sp³-hybridized carbons (Fsp3) is 0.440. The lowest BCUT2D eigenvalue weighted by molar-refractivity contribution is -0.119. The number of likely N-dealkylation sites (tertiary alicyclic amines) is 1. The minimum absolute atomic E-state index is 0.0932.